The molecule has 2 nitrogen and oxygen atoms in total. The zero-order valence-corrected chi connectivity index (χ0v) is 9.58. The maximum Gasteiger partial charge on any atom is 0.00698 e. The zero-order chi connectivity index (χ0) is 10.1. The van der Waals surface area contributed by atoms with E-state index in [4.69, 9.17) is 5.73 Å². The number of piperidine rings is 1. The van der Waals surface area contributed by atoms with Crippen LogP contribution in [0.1, 0.15) is 33.1 Å². The van der Waals surface area contributed by atoms with Crippen molar-refractivity contribution in [3.8, 4) is 0 Å². The fraction of sp³-hybridized carbons (Fsp3) is 1.00. The van der Waals surface area contributed by atoms with Crippen molar-refractivity contribution in [3.05, 3.63) is 0 Å². The van der Waals surface area contributed by atoms with Gasteiger partial charge in [0, 0.05) is 19.1 Å². The summed E-state index contributed by atoms with van der Waals surface area (Å²) in [7, 11) is 0. The Morgan fingerprint density at radius 3 is 2.57 bits per heavy atom. The van der Waals surface area contributed by atoms with Crippen LogP contribution < -0.4 is 5.73 Å². The quantitative estimate of drug-likeness (QED) is 0.744. The lowest BCUT2D eigenvalue weighted by Crippen LogP contribution is -2.48. The molecule has 2 fully saturated rings. The van der Waals surface area contributed by atoms with E-state index in [0.29, 0.717) is 0 Å². The summed E-state index contributed by atoms with van der Waals surface area (Å²) >= 11 is 0. The highest BCUT2D eigenvalue weighted by molar-refractivity contribution is 4.87. The Morgan fingerprint density at radius 2 is 2.00 bits per heavy atom. The molecule has 0 spiro atoms. The number of hydrogen-bond donors (Lipinski definition) is 1. The van der Waals surface area contributed by atoms with E-state index >= 15 is 0 Å². The minimum atomic E-state index is 0.741. The third-order valence-corrected chi connectivity index (χ3v) is 4.10. The Kier molecular flexibility index (Phi) is 3.13. The van der Waals surface area contributed by atoms with Gasteiger partial charge in [-0.1, -0.05) is 6.92 Å². The predicted molar refractivity (Wildman–Crippen MR) is 60.1 cm³/mol. The molecule has 1 saturated carbocycles. The summed E-state index contributed by atoms with van der Waals surface area (Å²) in [6.07, 6.45) is 4.27. The van der Waals surface area contributed by atoms with Gasteiger partial charge in [0.2, 0.25) is 0 Å². The number of nitrogens with two attached hydrogens (primary N) is 1. The molecule has 1 saturated heterocycles. The Bertz CT molecular complexity index is 189. The van der Waals surface area contributed by atoms with Crippen LogP contribution in [0.25, 0.3) is 0 Å². The summed E-state index contributed by atoms with van der Waals surface area (Å²) in [5, 5.41) is 0. The normalized spacial score (nSPS) is 40.1. The van der Waals surface area contributed by atoms with Gasteiger partial charge in [-0.2, -0.15) is 0 Å². The van der Waals surface area contributed by atoms with Crippen molar-refractivity contribution in [1.82, 2.24) is 4.90 Å². The van der Waals surface area contributed by atoms with Gasteiger partial charge >= 0.3 is 0 Å². The van der Waals surface area contributed by atoms with Crippen LogP contribution in [0.5, 0.6) is 0 Å². The van der Waals surface area contributed by atoms with E-state index in [1.54, 1.807) is 0 Å². The minimum absolute atomic E-state index is 0.741. The molecule has 2 aliphatic rings. The lowest BCUT2D eigenvalue weighted by molar-refractivity contribution is 0.0774. The van der Waals surface area contributed by atoms with Gasteiger partial charge in [-0.25, -0.2) is 0 Å². The largest absolute Gasteiger partial charge is 0.330 e. The molecule has 0 bridgehead atoms. The molecule has 2 heteroatoms. The van der Waals surface area contributed by atoms with Gasteiger partial charge in [-0.05, 0) is 50.5 Å². The zero-order valence-electron chi connectivity index (χ0n) is 9.58. The molecule has 14 heavy (non-hydrogen) atoms. The van der Waals surface area contributed by atoms with Gasteiger partial charge in [-0.3, -0.25) is 0 Å². The molecule has 3 unspecified atom stereocenters. The highest BCUT2D eigenvalue weighted by atomic mass is 15.2. The van der Waals surface area contributed by atoms with E-state index in [9.17, 15) is 0 Å². The molecule has 1 heterocycles. The summed E-state index contributed by atoms with van der Waals surface area (Å²) < 4.78 is 0. The van der Waals surface area contributed by atoms with Crippen LogP contribution in [0.4, 0.5) is 0 Å². The summed E-state index contributed by atoms with van der Waals surface area (Å²) in [6, 6.07) is 0.786. The highest BCUT2D eigenvalue weighted by Crippen LogP contribution is 2.34. The fourth-order valence-electron chi connectivity index (χ4n) is 2.73. The number of likely N-dealkylation sites (tertiary alicyclic amines) is 1. The summed E-state index contributed by atoms with van der Waals surface area (Å²) in [6.45, 7) is 8.20. The Hall–Kier alpha value is -0.0800. The molecule has 1 aliphatic heterocycles. The van der Waals surface area contributed by atoms with Crippen molar-refractivity contribution in [3.63, 3.8) is 0 Å². The first-order valence-electron chi connectivity index (χ1n) is 6.14. The summed E-state index contributed by atoms with van der Waals surface area (Å²) in [5.41, 5.74) is 5.82. The Labute approximate surface area is 87.8 Å². The van der Waals surface area contributed by atoms with Crippen LogP contribution in [-0.2, 0) is 0 Å². The van der Waals surface area contributed by atoms with E-state index in [2.05, 4.69) is 18.7 Å². The van der Waals surface area contributed by atoms with Gasteiger partial charge in [0.05, 0.1) is 0 Å². The molecule has 82 valence electrons. The molecule has 0 aromatic heterocycles. The van der Waals surface area contributed by atoms with Gasteiger partial charge in [0.25, 0.3) is 0 Å². The highest BCUT2D eigenvalue weighted by Gasteiger charge is 2.33. The molecular weight excluding hydrogens is 172 g/mol. The third-order valence-electron chi connectivity index (χ3n) is 4.10. The van der Waals surface area contributed by atoms with E-state index in [1.165, 1.54) is 32.4 Å². The standard InChI is InChI=1S/C12H24N2/c1-9-5-10(2)14(7-11-3-4-11)8-12(9)6-13/h9-12H,3-8,13H2,1-2H3. The molecule has 0 aromatic carbocycles. The summed E-state index contributed by atoms with van der Waals surface area (Å²) in [4.78, 5) is 2.68. The monoisotopic (exact) mass is 196 g/mol. The lowest BCUT2D eigenvalue weighted by Gasteiger charge is -2.41. The molecule has 0 amide bonds. The second-order valence-corrected chi connectivity index (χ2v) is 5.46. The average molecular weight is 196 g/mol. The van der Waals surface area contributed by atoms with Crippen LogP contribution in [0.15, 0.2) is 0 Å². The number of rotatable bonds is 3. The van der Waals surface area contributed by atoms with Crippen LogP contribution in [-0.4, -0.2) is 30.6 Å². The first-order chi connectivity index (χ1) is 6.70. The van der Waals surface area contributed by atoms with E-state index < -0.39 is 0 Å². The van der Waals surface area contributed by atoms with Crippen molar-refractivity contribution in [2.75, 3.05) is 19.6 Å². The predicted octanol–water partition coefficient (Wildman–Crippen LogP) is 1.70. The van der Waals surface area contributed by atoms with Crippen molar-refractivity contribution in [1.29, 1.82) is 0 Å². The van der Waals surface area contributed by atoms with Gasteiger partial charge in [-0.15, -0.1) is 0 Å². The smallest absolute Gasteiger partial charge is 0.00698 e. The van der Waals surface area contributed by atoms with Gasteiger partial charge in [0.15, 0.2) is 0 Å². The summed E-state index contributed by atoms with van der Waals surface area (Å²) in [5.74, 6) is 2.58. The topological polar surface area (TPSA) is 29.3 Å². The van der Waals surface area contributed by atoms with E-state index in [0.717, 1.165) is 30.3 Å². The molecule has 2 rings (SSSR count). The van der Waals surface area contributed by atoms with Crippen LogP contribution in [0, 0.1) is 17.8 Å². The van der Waals surface area contributed by atoms with Crippen LogP contribution in [0.3, 0.4) is 0 Å². The molecular formula is C12H24N2. The second kappa shape index (κ2) is 4.19. The van der Waals surface area contributed by atoms with Crippen molar-refractivity contribution in [2.24, 2.45) is 23.5 Å². The number of hydrogen-bond acceptors (Lipinski definition) is 2. The number of nitrogens with zero attached hydrogens (tertiary/aromatic N) is 1. The van der Waals surface area contributed by atoms with Crippen molar-refractivity contribution < 1.29 is 0 Å². The molecule has 3 atom stereocenters. The van der Waals surface area contributed by atoms with Crippen molar-refractivity contribution >= 4 is 0 Å². The molecule has 0 aromatic rings. The first-order valence-corrected chi connectivity index (χ1v) is 6.14. The minimum Gasteiger partial charge on any atom is -0.330 e. The Morgan fingerprint density at radius 1 is 1.29 bits per heavy atom. The van der Waals surface area contributed by atoms with Gasteiger partial charge < -0.3 is 10.6 Å². The maximum atomic E-state index is 5.82. The SMILES string of the molecule is CC1CC(C)N(CC2CC2)CC1CN. The van der Waals surface area contributed by atoms with Crippen molar-refractivity contribution in [2.45, 2.75) is 39.2 Å². The lowest BCUT2D eigenvalue weighted by atomic mass is 9.83. The van der Waals surface area contributed by atoms with E-state index in [1.807, 2.05) is 0 Å². The van der Waals surface area contributed by atoms with Crippen LogP contribution in [0.2, 0.25) is 0 Å². The van der Waals surface area contributed by atoms with E-state index in [-0.39, 0.29) is 0 Å². The average Bonchev–Trinajstić information content (AvgIpc) is 2.93. The molecule has 0 radical (unpaired) electrons. The maximum absolute atomic E-state index is 5.82. The Balaban J connectivity index is 1.88. The third kappa shape index (κ3) is 2.29. The molecule has 1 aliphatic carbocycles. The fourth-order valence-corrected chi connectivity index (χ4v) is 2.73. The second-order valence-electron chi connectivity index (χ2n) is 5.46. The van der Waals surface area contributed by atoms with Crippen LogP contribution >= 0.6 is 0 Å². The molecule has 2 N–H and O–H groups in total. The van der Waals surface area contributed by atoms with Gasteiger partial charge in [0.1, 0.15) is 0 Å². The first kappa shape index (κ1) is 10.4.